The molecule has 0 amide bonds. The Morgan fingerprint density at radius 3 is 3.13 bits per heavy atom. The third-order valence-corrected chi connectivity index (χ3v) is 3.97. The van der Waals surface area contributed by atoms with Crippen LogP contribution in [0.2, 0.25) is 5.02 Å². The highest BCUT2D eigenvalue weighted by Crippen LogP contribution is 2.25. The molecule has 2 nitrogen and oxygen atoms in total. The molecule has 15 heavy (non-hydrogen) atoms. The van der Waals surface area contributed by atoms with E-state index in [9.17, 15) is 0 Å². The minimum atomic E-state index is 0.446. The van der Waals surface area contributed by atoms with Crippen LogP contribution in [-0.2, 0) is 0 Å². The number of anilines is 1. The lowest BCUT2D eigenvalue weighted by molar-refractivity contribution is 0.655. The number of rotatable bonds is 2. The van der Waals surface area contributed by atoms with E-state index in [0.717, 1.165) is 17.3 Å². The third-order valence-electron chi connectivity index (χ3n) is 2.64. The maximum Gasteiger partial charge on any atom is 0.0503 e. The first-order valence-corrected chi connectivity index (χ1v) is 6.64. The molecule has 1 aromatic rings. The second-order valence-corrected chi connectivity index (χ2v) is 5.22. The predicted octanol–water partition coefficient (Wildman–Crippen LogP) is 2.22. The van der Waals surface area contributed by atoms with Crippen molar-refractivity contribution in [1.29, 1.82) is 0 Å². The van der Waals surface area contributed by atoms with Crippen LogP contribution in [0, 0.1) is 0 Å². The summed E-state index contributed by atoms with van der Waals surface area (Å²) in [5.41, 5.74) is 6.97. The van der Waals surface area contributed by atoms with Gasteiger partial charge in [0.15, 0.2) is 0 Å². The van der Waals surface area contributed by atoms with Gasteiger partial charge >= 0.3 is 0 Å². The minimum absolute atomic E-state index is 0.446. The highest BCUT2D eigenvalue weighted by atomic mass is 35.5. The van der Waals surface area contributed by atoms with Gasteiger partial charge in [0.25, 0.3) is 0 Å². The Hall–Kier alpha value is -0.380. The molecule has 1 aliphatic rings. The fraction of sp³-hybridized carbons (Fsp3) is 0.455. The van der Waals surface area contributed by atoms with Gasteiger partial charge in [0.1, 0.15) is 0 Å². The highest BCUT2D eigenvalue weighted by molar-refractivity contribution is 7.99. The highest BCUT2D eigenvalue weighted by Gasteiger charge is 2.21. The van der Waals surface area contributed by atoms with Crippen molar-refractivity contribution in [2.24, 2.45) is 5.73 Å². The Kier molecular flexibility index (Phi) is 3.78. The quantitative estimate of drug-likeness (QED) is 0.863. The topological polar surface area (TPSA) is 29.3 Å². The van der Waals surface area contributed by atoms with Crippen molar-refractivity contribution in [3.63, 3.8) is 0 Å². The molecule has 0 aliphatic carbocycles. The van der Waals surface area contributed by atoms with Gasteiger partial charge in [0.2, 0.25) is 0 Å². The van der Waals surface area contributed by atoms with Crippen LogP contribution in [0.3, 0.4) is 0 Å². The van der Waals surface area contributed by atoms with Gasteiger partial charge in [-0.05, 0) is 18.2 Å². The van der Waals surface area contributed by atoms with Crippen LogP contribution < -0.4 is 10.6 Å². The molecule has 1 saturated heterocycles. The first-order chi connectivity index (χ1) is 7.31. The van der Waals surface area contributed by atoms with Gasteiger partial charge in [0, 0.05) is 35.3 Å². The molecule has 2 N–H and O–H groups in total. The van der Waals surface area contributed by atoms with E-state index in [1.54, 1.807) is 0 Å². The molecule has 82 valence electrons. The Morgan fingerprint density at radius 2 is 2.40 bits per heavy atom. The zero-order chi connectivity index (χ0) is 10.7. The van der Waals surface area contributed by atoms with Gasteiger partial charge in [0.05, 0.1) is 6.04 Å². The van der Waals surface area contributed by atoms with Crippen molar-refractivity contribution < 1.29 is 0 Å². The summed E-state index contributed by atoms with van der Waals surface area (Å²) in [4.78, 5) is 2.36. The number of halogens is 1. The van der Waals surface area contributed by atoms with E-state index in [-0.39, 0.29) is 0 Å². The van der Waals surface area contributed by atoms with E-state index >= 15 is 0 Å². The maximum absolute atomic E-state index is 5.99. The van der Waals surface area contributed by atoms with Gasteiger partial charge in [-0.2, -0.15) is 11.8 Å². The zero-order valence-electron chi connectivity index (χ0n) is 8.53. The Labute approximate surface area is 99.8 Å². The molecule has 1 aliphatic heterocycles. The Morgan fingerprint density at radius 1 is 1.53 bits per heavy atom. The van der Waals surface area contributed by atoms with Crippen LogP contribution in [-0.4, -0.2) is 30.6 Å². The molecular formula is C11H15ClN2S. The zero-order valence-corrected chi connectivity index (χ0v) is 10.1. The third kappa shape index (κ3) is 2.60. The fourth-order valence-electron chi connectivity index (χ4n) is 1.84. The molecule has 1 unspecified atom stereocenters. The lowest BCUT2D eigenvalue weighted by Crippen LogP contribution is -2.46. The van der Waals surface area contributed by atoms with E-state index in [2.05, 4.69) is 11.0 Å². The van der Waals surface area contributed by atoms with Crippen molar-refractivity contribution in [2.75, 3.05) is 29.5 Å². The normalized spacial score (nSPS) is 21.7. The first kappa shape index (κ1) is 11.1. The molecule has 0 radical (unpaired) electrons. The van der Waals surface area contributed by atoms with Crippen LogP contribution in [0.25, 0.3) is 0 Å². The smallest absolute Gasteiger partial charge is 0.0503 e. The molecule has 1 atom stereocenters. The van der Waals surface area contributed by atoms with Gasteiger partial charge < -0.3 is 10.6 Å². The fourth-order valence-corrected chi connectivity index (χ4v) is 3.11. The first-order valence-electron chi connectivity index (χ1n) is 5.11. The molecule has 0 saturated carbocycles. The minimum Gasteiger partial charge on any atom is -0.366 e. The number of nitrogens with zero attached hydrogens (tertiary/aromatic N) is 1. The molecule has 1 heterocycles. The van der Waals surface area contributed by atoms with Crippen LogP contribution >= 0.6 is 23.4 Å². The van der Waals surface area contributed by atoms with Crippen molar-refractivity contribution in [1.82, 2.24) is 0 Å². The number of hydrogen-bond donors (Lipinski definition) is 1. The van der Waals surface area contributed by atoms with E-state index in [1.807, 2.05) is 30.0 Å². The van der Waals surface area contributed by atoms with Gasteiger partial charge in [-0.15, -0.1) is 0 Å². The van der Waals surface area contributed by atoms with E-state index < -0.39 is 0 Å². The second-order valence-electron chi connectivity index (χ2n) is 3.64. The molecule has 1 fully saturated rings. The number of nitrogens with two attached hydrogens (primary N) is 1. The summed E-state index contributed by atoms with van der Waals surface area (Å²) in [6.45, 7) is 1.77. The molecule has 2 rings (SSSR count). The second kappa shape index (κ2) is 5.10. The van der Waals surface area contributed by atoms with Crippen molar-refractivity contribution in [3.8, 4) is 0 Å². The molecule has 0 bridgehead atoms. The SMILES string of the molecule is NCC1CSCCN1c1cccc(Cl)c1. The average molecular weight is 243 g/mol. The largest absolute Gasteiger partial charge is 0.366 e. The van der Waals surface area contributed by atoms with Crippen molar-refractivity contribution in [2.45, 2.75) is 6.04 Å². The van der Waals surface area contributed by atoms with Crippen molar-refractivity contribution in [3.05, 3.63) is 29.3 Å². The molecule has 0 aromatic heterocycles. The van der Waals surface area contributed by atoms with Crippen LogP contribution in [0.4, 0.5) is 5.69 Å². The van der Waals surface area contributed by atoms with Gasteiger partial charge in [-0.1, -0.05) is 17.7 Å². The summed E-state index contributed by atoms with van der Waals surface area (Å²) in [5.74, 6) is 2.28. The summed E-state index contributed by atoms with van der Waals surface area (Å²) in [6.07, 6.45) is 0. The molecule has 4 heteroatoms. The number of benzene rings is 1. The van der Waals surface area contributed by atoms with E-state index in [0.29, 0.717) is 12.6 Å². The van der Waals surface area contributed by atoms with Crippen LogP contribution in [0.5, 0.6) is 0 Å². The van der Waals surface area contributed by atoms with Crippen LogP contribution in [0.15, 0.2) is 24.3 Å². The van der Waals surface area contributed by atoms with Gasteiger partial charge in [-0.3, -0.25) is 0 Å². The summed E-state index contributed by atoms with van der Waals surface area (Å²) < 4.78 is 0. The van der Waals surface area contributed by atoms with Crippen molar-refractivity contribution >= 4 is 29.1 Å². The number of hydrogen-bond acceptors (Lipinski definition) is 3. The molecule has 0 spiro atoms. The monoisotopic (exact) mass is 242 g/mol. The lowest BCUT2D eigenvalue weighted by atomic mass is 10.2. The Balaban J connectivity index is 2.20. The standard InChI is InChI=1S/C11H15ClN2S/c12-9-2-1-3-10(6-9)14-4-5-15-8-11(14)7-13/h1-3,6,11H,4-5,7-8,13H2. The summed E-state index contributed by atoms with van der Waals surface area (Å²) in [5, 5.41) is 0.793. The average Bonchev–Trinajstić information content (AvgIpc) is 2.29. The van der Waals surface area contributed by atoms with Gasteiger partial charge in [-0.25, -0.2) is 0 Å². The molecular weight excluding hydrogens is 228 g/mol. The maximum atomic E-state index is 5.99. The summed E-state index contributed by atoms with van der Waals surface area (Å²) >= 11 is 7.97. The van der Waals surface area contributed by atoms with E-state index in [4.69, 9.17) is 17.3 Å². The molecule has 1 aromatic carbocycles. The van der Waals surface area contributed by atoms with E-state index in [1.165, 1.54) is 11.4 Å². The van der Waals surface area contributed by atoms with Crippen LogP contribution in [0.1, 0.15) is 0 Å². The summed E-state index contributed by atoms with van der Waals surface area (Å²) in [6, 6.07) is 8.46. The predicted molar refractivity (Wildman–Crippen MR) is 69.0 cm³/mol. The number of thioether (sulfide) groups is 1. The Bertz CT molecular complexity index is 332. The lowest BCUT2D eigenvalue weighted by Gasteiger charge is -2.36. The summed E-state index contributed by atoms with van der Waals surface area (Å²) in [7, 11) is 0.